The topological polar surface area (TPSA) is 48.8 Å². The largest absolute Gasteiger partial charge is 0.454 e. The lowest BCUT2D eigenvalue weighted by Gasteiger charge is -2.23. The first kappa shape index (κ1) is 28.4. The Bertz CT molecular complexity index is 2890. The zero-order valence-corrected chi connectivity index (χ0v) is 27.9. The van der Waals surface area contributed by atoms with Gasteiger partial charge >= 0.3 is 0 Å². The maximum atomic E-state index is 6.90. The van der Waals surface area contributed by atoms with Crippen LogP contribution in [-0.4, -0.2) is 19.1 Å². The summed E-state index contributed by atoms with van der Waals surface area (Å²) in [5, 5.41) is 3.45. The van der Waals surface area contributed by atoms with Gasteiger partial charge in [0.1, 0.15) is 11.4 Å². The summed E-state index contributed by atoms with van der Waals surface area (Å²) in [7, 11) is 0. The van der Waals surface area contributed by atoms with Crippen molar-refractivity contribution in [3.8, 4) is 34.0 Å². The molecule has 242 valence electrons. The molecule has 0 radical (unpaired) electrons. The maximum Gasteiger partial charge on any atom is 0.160 e. The molecule has 0 N–H and O–H groups in total. The van der Waals surface area contributed by atoms with Crippen LogP contribution in [0.4, 0.5) is 0 Å². The van der Waals surface area contributed by atoms with Crippen LogP contribution in [0.3, 0.4) is 0 Å². The van der Waals surface area contributed by atoms with Crippen LogP contribution in [0.15, 0.2) is 156 Å². The fourth-order valence-electron chi connectivity index (χ4n) is 8.59. The van der Waals surface area contributed by atoms with Crippen LogP contribution in [0.1, 0.15) is 30.5 Å². The van der Waals surface area contributed by atoms with Crippen LogP contribution in [0.2, 0.25) is 0 Å². The van der Waals surface area contributed by atoms with Gasteiger partial charge in [0.15, 0.2) is 5.58 Å². The molecule has 5 nitrogen and oxygen atoms in total. The minimum absolute atomic E-state index is 0.888. The number of furan rings is 1. The Kier molecular flexibility index (Phi) is 6.14. The second-order valence-corrected chi connectivity index (χ2v) is 13.6. The van der Waals surface area contributed by atoms with Crippen molar-refractivity contribution in [1.29, 1.82) is 0 Å². The third kappa shape index (κ3) is 4.21. The van der Waals surface area contributed by atoms with Gasteiger partial charge in [0.2, 0.25) is 0 Å². The number of fused-ring (bicyclic) bond motifs is 9. The van der Waals surface area contributed by atoms with Crippen molar-refractivity contribution in [3.63, 3.8) is 0 Å². The molecule has 4 aromatic heterocycles. The van der Waals surface area contributed by atoms with Crippen molar-refractivity contribution in [2.45, 2.75) is 25.7 Å². The van der Waals surface area contributed by atoms with Crippen molar-refractivity contribution in [1.82, 2.24) is 19.1 Å². The van der Waals surface area contributed by atoms with Crippen LogP contribution in [0.5, 0.6) is 0 Å². The zero-order chi connectivity index (χ0) is 33.5. The SMILES string of the molecule is C1=CC2=C(CC1)c1c(n(-c3ccc(-c4nc5ccccc5n4-c4ccccc4)cc3)c3c1cc(-c1ccccn1)c1c4ccccc4oc13)CC2. The minimum atomic E-state index is 0.888. The molecule has 0 saturated carbocycles. The number of aromatic nitrogens is 4. The molecule has 0 amide bonds. The molecule has 0 unspecified atom stereocenters. The Morgan fingerprint density at radius 1 is 0.667 bits per heavy atom. The first-order chi connectivity index (χ1) is 25.3. The van der Waals surface area contributed by atoms with Gasteiger partial charge in [-0.05, 0) is 110 Å². The summed E-state index contributed by atoms with van der Waals surface area (Å²) in [4.78, 5) is 10.00. The monoisotopic (exact) mass is 656 g/mol. The van der Waals surface area contributed by atoms with Crippen molar-refractivity contribution >= 4 is 49.4 Å². The second-order valence-electron chi connectivity index (χ2n) is 13.6. The third-order valence-electron chi connectivity index (χ3n) is 10.8. The number of benzene rings is 5. The van der Waals surface area contributed by atoms with Gasteiger partial charge in [0.25, 0.3) is 0 Å². The van der Waals surface area contributed by atoms with E-state index in [2.05, 4.69) is 143 Å². The Morgan fingerprint density at radius 2 is 1.47 bits per heavy atom. The van der Waals surface area contributed by atoms with E-state index in [1.54, 1.807) is 0 Å². The number of rotatable bonds is 4. The van der Waals surface area contributed by atoms with E-state index < -0.39 is 0 Å². The molecular weight excluding hydrogens is 625 g/mol. The van der Waals surface area contributed by atoms with Gasteiger partial charge in [-0.3, -0.25) is 9.55 Å². The molecule has 5 heteroatoms. The molecule has 51 heavy (non-hydrogen) atoms. The summed E-state index contributed by atoms with van der Waals surface area (Å²) in [5.74, 6) is 0.928. The highest BCUT2D eigenvalue weighted by Crippen LogP contribution is 2.49. The van der Waals surface area contributed by atoms with Crippen molar-refractivity contribution in [3.05, 3.63) is 163 Å². The maximum absolute atomic E-state index is 6.90. The fraction of sp³-hybridized carbons (Fsp3) is 0.0870. The lowest BCUT2D eigenvalue weighted by Crippen LogP contribution is -2.09. The molecule has 0 saturated heterocycles. The molecule has 4 heterocycles. The number of allylic oxidation sites excluding steroid dienone is 4. The standard InChI is InChI=1S/C46H32N4O/c1-2-13-31(14-3-1)50-39-19-8-7-18-38(39)48-46(50)30-21-24-32(25-22-30)49-40-26-23-29-12-4-5-15-33(29)42(40)36-28-35(37-17-10-11-27-47-37)43-34-16-6-9-20-41(34)51-45(43)44(36)49/h1-4,6-14,16-22,24-25,27-28H,5,15,23,26H2. The highest BCUT2D eigenvalue weighted by atomic mass is 16.3. The number of para-hydroxylation sites is 4. The molecule has 9 aromatic rings. The van der Waals surface area contributed by atoms with Crippen molar-refractivity contribution in [2.24, 2.45) is 0 Å². The first-order valence-electron chi connectivity index (χ1n) is 17.8. The Hall–Kier alpha value is -6.46. The summed E-state index contributed by atoms with van der Waals surface area (Å²) in [6, 6.07) is 44.8. The summed E-state index contributed by atoms with van der Waals surface area (Å²) in [6.07, 6.45) is 10.7. The van der Waals surface area contributed by atoms with E-state index in [0.717, 1.165) is 98.2 Å². The minimum Gasteiger partial charge on any atom is -0.454 e. The predicted octanol–water partition coefficient (Wildman–Crippen LogP) is 11.6. The van der Waals surface area contributed by atoms with Crippen molar-refractivity contribution in [2.75, 3.05) is 0 Å². The fourth-order valence-corrected chi connectivity index (χ4v) is 8.59. The number of nitrogens with zero attached hydrogens (tertiary/aromatic N) is 4. The lowest BCUT2D eigenvalue weighted by molar-refractivity contribution is 0.670. The summed E-state index contributed by atoms with van der Waals surface area (Å²) in [6.45, 7) is 0. The van der Waals surface area contributed by atoms with E-state index in [4.69, 9.17) is 14.4 Å². The van der Waals surface area contributed by atoms with Gasteiger partial charge in [0.05, 0.1) is 22.2 Å². The number of imidazole rings is 1. The highest BCUT2D eigenvalue weighted by molar-refractivity contribution is 6.22. The summed E-state index contributed by atoms with van der Waals surface area (Å²) >= 11 is 0. The molecule has 0 aliphatic heterocycles. The van der Waals surface area contributed by atoms with Gasteiger partial charge in [-0.2, -0.15) is 0 Å². The molecule has 0 fully saturated rings. The molecule has 11 rings (SSSR count). The third-order valence-corrected chi connectivity index (χ3v) is 10.8. The quantitative estimate of drug-likeness (QED) is 0.189. The molecule has 5 aromatic carbocycles. The van der Waals surface area contributed by atoms with Crippen LogP contribution >= 0.6 is 0 Å². The van der Waals surface area contributed by atoms with E-state index in [9.17, 15) is 0 Å². The molecule has 0 bridgehead atoms. The Balaban J connectivity index is 1.19. The second kappa shape index (κ2) is 11.0. The smallest absolute Gasteiger partial charge is 0.160 e. The van der Waals surface area contributed by atoms with Gasteiger partial charge < -0.3 is 8.98 Å². The van der Waals surface area contributed by atoms with E-state index in [0.29, 0.717) is 0 Å². The number of hydrogen-bond donors (Lipinski definition) is 0. The van der Waals surface area contributed by atoms with Gasteiger partial charge in [-0.1, -0.05) is 66.7 Å². The van der Waals surface area contributed by atoms with E-state index in [1.807, 2.05) is 12.3 Å². The molecular formula is C46H32N4O. The molecule has 0 atom stereocenters. The first-order valence-corrected chi connectivity index (χ1v) is 17.8. The van der Waals surface area contributed by atoms with E-state index >= 15 is 0 Å². The van der Waals surface area contributed by atoms with Gasteiger partial charge in [-0.15, -0.1) is 0 Å². The Labute approximate surface area is 294 Å². The van der Waals surface area contributed by atoms with Crippen molar-refractivity contribution < 1.29 is 4.42 Å². The summed E-state index contributed by atoms with van der Waals surface area (Å²) in [5.41, 5.74) is 16.0. The molecule has 2 aliphatic rings. The molecule has 2 aliphatic carbocycles. The number of pyridine rings is 1. The van der Waals surface area contributed by atoms with E-state index in [1.165, 1.54) is 27.8 Å². The van der Waals surface area contributed by atoms with Crippen LogP contribution in [0.25, 0.3) is 83.5 Å². The highest BCUT2D eigenvalue weighted by Gasteiger charge is 2.31. The van der Waals surface area contributed by atoms with E-state index in [-0.39, 0.29) is 0 Å². The van der Waals surface area contributed by atoms with Crippen LogP contribution in [-0.2, 0) is 6.42 Å². The normalized spacial score (nSPS) is 14.2. The zero-order valence-electron chi connectivity index (χ0n) is 27.9. The van der Waals surface area contributed by atoms with Crippen LogP contribution in [0, 0.1) is 0 Å². The average molecular weight is 657 g/mol. The predicted molar refractivity (Wildman–Crippen MR) is 207 cm³/mol. The van der Waals surface area contributed by atoms with Gasteiger partial charge in [0, 0.05) is 56.1 Å². The Morgan fingerprint density at radius 3 is 2.35 bits per heavy atom. The summed E-state index contributed by atoms with van der Waals surface area (Å²) < 4.78 is 11.7. The lowest BCUT2D eigenvalue weighted by atomic mass is 9.82. The van der Waals surface area contributed by atoms with Crippen LogP contribution < -0.4 is 0 Å². The molecule has 0 spiro atoms. The average Bonchev–Trinajstić information content (AvgIpc) is 3.88. The van der Waals surface area contributed by atoms with Gasteiger partial charge in [-0.25, -0.2) is 4.98 Å². The number of hydrogen-bond acceptors (Lipinski definition) is 3.